The summed E-state index contributed by atoms with van der Waals surface area (Å²) in [5.74, 6) is 0.875. The zero-order valence-corrected chi connectivity index (χ0v) is 16.8. The Kier molecular flexibility index (Phi) is 6.80. The van der Waals surface area contributed by atoms with Crippen molar-refractivity contribution in [2.45, 2.75) is 13.5 Å². The molecule has 0 heterocycles. The SMILES string of the molecule is COc1cc(/C=N/NC(=O)c2ccccc2C)ccc1OCc1ccc(C#N)cc1. The van der Waals surface area contributed by atoms with Crippen molar-refractivity contribution in [3.63, 3.8) is 0 Å². The molecule has 6 heteroatoms. The van der Waals surface area contributed by atoms with Gasteiger partial charge in [-0.25, -0.2) is 5.43 Å². The molecule has 0 aliphatic rings. The van der Waals surface area contributed by atoms with E-state index in [0.29, 0.717) is 29.2 Å². The summed E-state index contributed by atoms with van der Waals surface area (Å²) in [5, 5.41) is 12.9. The third kappa shape index (κ3) is 5.24. The van der Waals surface area contributed by atoms with E-state index >= 15 is 0 Å². The molecule has 1 amide bonds. The Hall–Kier alpha value is -4.11. The van der Waals surface area contributed by atoms with E-state index in [4.69, 9.17) is 14.7 Å². The maximum absolute atomic E-state index is 12.2. The molecule has 3 rings (SSSR count). The average molecular weight is 399 g/mol. The monoisotopic (exact) mass is 399 g/mol. The molecule has 1 N–H and O–H groups in total. The van der Waals surface area contributed by atoms with E-state index in [1.165, 1.54) is 0 Å². The first-order chi connectivity index (χ1) is 14.6. The van der Waals surface area contributed by atoms with Crippen molar-refractivity contribution in [1.29, 1.82) is 5.26 Å². The molecule has 0 atom stereocenters. The highest BCUT2D eigenvalue weighted by Gasteiger charge is 2.08. The Morgan fingerprint density at radius 2 is 1.87 bits per heavy atom. The lowest BCUT2D eigenvalue weighted by molar-refractivity contribution is 0.0954. The van der Waals surface area contributed by atoms with Crippen LogP contribution in [0, 0.1) is 18.3 Å². The van der Waals surface area contributed by atoms with Crippen LogP contribution in [0.4, 0.5) is 0 Å². The number of ether oxygens (including phenoxy) is 2. The topological polar surface area (TPSA) is 83.7 Å². The van der Waals surface area contributed by atoms with E-state index in [2.05, 4.69) is 16.6 Å². The lowest BCUT2D eigenvalue weighted by Gasteiger charge is -2.11. The average Bonchev–Trinajstić information content (AvgIpc) is 2.78. The number of nitriles is 1. The molecule has 0 aliphatic heterocycles. The lowest BCUT2D eigenvalue weighted by atomic mass is 10.1. The zero-order valence-electron chi connectivity index (χ0n) is 16.8. The van der Waals surface area contributed by atoms with Crippen LogP contribution in [0.25, 0.3) is 0 Å². The number of benzene rings is 3. The maximum atomic E-state index is 12.2. The van der Waals surface area contributed by atoms with Crippen molar-refractivity contribution in [2.75, 3.05) is 7.11 Å². The minimum absolute atomic E-state index is 0.265. The Balaban J connectivity index is 1.63. The van der Waals surface area contributed by atoms with E-state index in [0.717, 1.165) is 16.7 Å². The number of carbonyl (C=O) groups is 1. The third-order valence-corrected chi connectivity index (χ3v) is 4.43. The van der Waals surface area contributed by atoms with Crippen LogP contribution in [0.5, 0.6) is 11.5 Å². The van der Waals surface area contributed by atoms with Crippen molar-refractivity contribution in [1.82, 2.24) is 5.43 Å². The second-order valence-corrected chi connectivity index (χ2v) is 6.52. The highest BCUT2D eigenvalue weighted by molar-refractivity contribution is 5.96. The normalized spacial score (nSPS) is 10.4. The van der Waals surface area contributed by atoms with Gasteiger partial charge in [0.05, 0.1) is 25.0 Å². The quantitative estimate of drug-likeness (QED) is 0.476. The van der Waals surface area contributed by atoms with E-state index in [1.54, 1.807) is 43.7 Å². The molecule has 0 spiro atoms. The lowest BCUT2D eigenvalue weighted by Crippen LogP contribution is -2.18. The molecular weight excluding hydrogens is 378 g/mol. The molecule has 0 saturated carbocycles. The minimum Gasteiger partial charge on any atom is -0.493 e. The predicted molar refractivity (Wildman–Crippen MR) is 115 cm³/mol. The van der Waals surface area contributed by atoms with Gasteiger partial charge in [-0.15, -0.1) is 0 Å². The van der Waals surface area contributed by atoms with Crippen LogP contribution in [-0.4, -0.2) is 19.2 Å². The van der Waals surface area contributed by atoms with Gasteiger partial charge in [-0.2, -0.15) is 10.4 Å². The summed E-state index contributed by atoms with van der Waals surface area (Å²) in [6.45, 7) is 2.22. The summed E-state index contributed by atoms with van der Waals surface area (Å²) >= 11 is 0. The van der Waals surface area contributed by atoms with Crippen LogP contribution in [-0.2, 0) is 6.61 Å². The molecule has 0 aromatic heterocycles. The van der Waals surface area contributed by atoms with E-state index in [1.807, 2.05) is 43.3 Å². The van der Waals surface area contributed by atoms with Gasteiger partial charge in [0.15, 0.2) is 11.5 Å². The van der Waals surface area contributed by atoms with Crippen LogP contribution >= 0.6 is 0 Å². The first kappa shape index (κ1) is 20.6. The summed E-state index contributed by atoms with van der Waals surface area (Å²) in [6.07, 6.45) is 1.54. The molecule has 30 heavy (non-hydrogen) atoms. The van der Waals surface area contributed by atoms with Crippen molar-refractivity contribution in [3.05, 3.63) is 94.5 Å². The van der Waals surface area contributed by atoms with Gasteiger partial charge >= 0.3 is 0 Å². The molecule has 3 aromatic rings. The number of carbonyl (C=O) groups excluding carboxylic acids is 1. The Bertz CT molecular complexity index is 1100. The van der Waals surface area contributed by atoms with Gasteiger partial charge in [-0.1, -0.05) is 30.3 Å². The number of hydrogen-bond donors (Lipinski definition) is 1. The van der Waals surface area contributed by atoms with Crippen LogP contribution < -0.4 is 14.9 Å². The minimum atomic E-state index is -0.265. The second kappa shape index (κ2) is 9.89. The van der Waals surface area contributed by atoms with Crippen molar-refractivity contribution in [2.24, 2.45) is 5.10 Å². The van der Waals surface area contributed by atoms with Crippen LogP contribution in [0.2, 0.25) is 0 Å². The van der Waals surface area contributed by atoms with Crippen LogP contribution in [0.1, 0.15) is 32.6 Å². The van der Waals surface area contributed by atoms with Gasteiger partial charge in [0.1, 0.15) is 6.61 Å². The summed E-state index contributed by atoms with van der Waals surface area (Å²) in [6, 6.07) is 22.0. The Morgan fingerprint density at radius 1 is 1.10 bits per heavy atom. The maximum Gasteiger partial charge on any atom is 0.271 e. The molecule has 6 nitrogen and oxygen atoms in total. The number of methoxy groups -OCH3 is 1. The van der Waals surface area contributed by atoms with Gasteiger partial charge < -0.3 is 9.47 Å². The number of rotatable bonds is 7. The van der Waals surface area contributed by atoms with Gasteiger partial charge in [0.25, 0.3) is 5.91 Å². The fourth-order valence-corrected chi connectivity index (χ4v) is 2.77. The van der Waals surface area contributed by atoms with Crippen molar-refractivity contribution < 1.29 is 14.3 Å². The number of nitrogens with one attached hydrogen (secondary N) is 1. The summed E-state index contributed by atoms with van der Waals surface area (Å²) in [5.41, 5.74) is 6.30. The third-order valence-electron chi connectivity index (χ3n) is 4.43. The molecule has 0 aliphatic carbocycles. The van der Waals surface area contributed by atoms with Crippen molar-refractivity contribution in [3.8, 4) is 17.6 Å². The molecule has 3 aromatic carbocycles. The summed E-state index contributed by atoms with van der Waals surface area (Å²) in [7, 11) is 1.56. The smallest absolute Gasteiger partial charge is 0.271 e. The molecule has 0 bridgehead atoms. The Labute approximate surface area is 175 Å². The number of amides is 1. The first-order valence-corrected chi connectivity index (χ1v) is 9.29. The summed E-state index contributed by atoms with van der Waals surface area (Å²) in [4.78, 5) is 12.2. The van der Waals surface area contributed by atoms with Crippen LogP contribution in [0.3, 0.4) is 0 Å². The van der Waals surface area contributed by atoms with Gasteiger partial charge in [-0.05, 0) is 60.0 Å². The fraction of sp³-hybridized carbons (Fsp3) is 0.125. The number of nitrogens with zero attached hydrogens (tertiary/aromatic N) is 2. The highest BCUT2D eigenvalue weighted by atomic mass is 16.5. The number of aryl methyl sites for hydroxylation is 1. The molecule has 150 valence electrons. The standard InChI is InChI=1S/C24H21N3O3/c1-17-5-3-4-6-21(17)24(28)27-26-15-20-11-12-22(23(13-20)29-2)30-16-19-9-7-18(14-25)8-10-19/h3-13,15H,16H2,1-2H3,(H,27,28)/b26-15+. The van der Waals surface area contributed by atoms with Crippen LogP contribution in [0.15, 0.2) is 71.8 Å². The molecule has 0 unspecified atom stereocenters. The number of hydrazone groups is 1. The van der Waals surface area contributed by atoms with E-state index in [9.17, 15) is 4.79 Å². The molecule has 0 radical (unpaired) electrons. The number of hydrogen-bond acceptors (Lipinski definition) is 5. The zero-order chi connectivity index (χ0) is 21.3. The molecular formula is C24H21N3O3. The van der Waals surface area contributed by atoms with Gasteiger partial charge in [-0.3, -0.25) is 4.79 Å². The second-order valence-electron chi connectivity index (χ2n) is 6.52. The summed E-state index contributed by atoms with van der Waals surface area (Å²) < 4.78 is 11.2. The van der Waals surface area contributed by atoms with E-state index < -0.39 is 0 Å². The largest absolute Gasteiger partial charge is 0.493 e. The molecule has 0 fully saturated rings. The molecule has 0 saturated heterocycles. The first-order valence-electron chi connectivity index (χ1n) is 9.29. The van der Waals surface area contributed by atoms with Gasteiger partial charge in [0.2, 0.25) is 0 Å². The van der Waals surface area contributed by atoms with E-state index in [-0.39, 0.29) is 5.91 Å². The predicted octanol–water partition coefficient (Wildman–Crippen LogP) is 4.22. The Morgan fingerprint density at radius 3 is 2.57 bits per heavy atom. The van der Waals surface area contributed by atoms with Gasteiger partial charge in [0, 0.05) is 5.56 Å². The van der Waals surface area contributed by atoms with Crippen molar-refractivity contribution >= 4 is 12.1 Å². The highest BCUT2D eigenvalue weighted by Crippen LogP contribution is 2.28. The fourth-order valence-electron chi connectivity index (χ4n) is 2.77.